The Morgan fingerprint density at radius 2 is 1.46 bits per heavy atom. The van der Waals surface area contributed by atoms with Crippen LogP contribution in [-0.4, -0.2) is 48.7 Å². The third kappa shape index (κ3) is 5.18. The molecule has 6 nitrogen and oxygen atoms in total. The summed E-state index contributed by atoms with van der Waals surface area (Å²) in [6.45, 7) is 5.50. The van der Waals surface area contributed by atoms with Crippen LogP contribution in [0.1, 0.15) is 47.1 Å². The van der Waals surface area contributed by atoms with E-state index >= 15 is 0 Å². The van der Waals surface area contributed by atoms with Gasteiger partial charge in [-0.3, -0.25) is 19.3 Å². The average Bonchev–Trinajstić information content (AvgIpc) is 3.42. The van der Waals surface area contributed by atoms with Crippen LogP contribution in [0, 0.1) is 6.92 Å². The Bertz CT molecular complexity index is 1660. The quantitative estimate of drug-likeness (QED) is 0.166. The molecule has 4 aromatic rings. The average molecular weight is 625 g/mol. The number of amides is 2. The van der Waals surface area contributed by atoms with Crippen molar-refractivity contribution in [3.8, 4) is 0 Å². The first-order valence-electron chi connectivity index (χ1n) is 13.1. The van der Waals surface area contributed by atoms with Crippen LogP contribution >= 0.6 is 46.1 Å². The van der Waals surface area contributed by atoms with Crippen molar-refractivity contribution in [1.29, 1.82) is 0 Å². The lowest BCUT2D eigenvalue weighted by molar-refractivity contribution is 0.0927. The molecule has 1 aromatic heterocycles. The lowest BCUT2D eigenvalue weighted by Crippen LogP contribution is -2.46. The molecule has 0 N–H and O–H groups in total. The van der Waals surface area contributed by atoms with E-state index in [2.05, 4.69) is 9.80 Å². The molecule has 1 saturated heterocycles. The minimum Gasteiger partial charge on any atom is -0.369 e. The fourth-order valence-electron chi connectivity index (χ4n) is 5.33. The number of thiophene rings is 1. The molecule has 1 fully saturated rings. The maximum atomic E-state index is 14.1. The second-order valence-electron chi connectivity index (χ2n) is 10.0. The zero-order valence-electron chi connectivity index (χ0n) is 22.0. The third-order valence-electron chi connectivity index (χ3n) is 7.54. The molecule has 0 unspecified atom stereocenters. The fraction of sp³-hybridized carbons (Fsp3) is 0.194. The molecule has 208 valence electrons. The van der Waals surface area contributed by atoms with E-state index in [0.29, 0.717) is 48.9 Å². The van der Waals surface area contributed by atoms with Crippen molar-refractivity contribution in [3.05, 3.63) is 114 Å². The van der Waals surface area contributed by atoms with E-state index in [1.54, 1.807) is 54.6 Å². The van der Waals surface area contributed by atoms with Gasteiger partial charge in [0.25, 0.3) is 11.8 Å². The van der Waals surface area contributed by atoms with E-state index in [4.69, 9.17) is 34.8 Å². The van der Waals surface area contributed by atoms with Crippen molar-refractivity contribution in [2.24, 2.45) is 0 Å². The molecule has 0 radical (unpaired) electrons. The highest BCUT2D eigenvalue weighted by Crippen LogP contribution is 2.42. The normalized spacial score (nSPS) is 15.5. The van der Waals surface area contributed by atoms with E-state index in [-0.39, 0.29) is 5.78 Å². The van der Waals surface area contributed by atoms with Gasteiger partial charge < -0.3 is 4.90 Å². The number of piperazine rings is 1. The Kier molecular flexibility index (Phi) is 7.66. The number of imide groups is 1. The predicted octanol–water partition coefficient (Wildman–Crippen LogP) is 7.37. The van der Waals surface area contributed by atoms with Crippen molar-refractivity contribution in [2.75, 3.05) is 36.0 Å². The van der Waals surface area contributed by atoms with Gasteiger partial charge in [-0.25, -0.2) is 4.90 Å². The lowest BCUT2D eigenvalue weighted by Gasteiger charge is -2.36. The highest BCUT2D eigenvalue weighted by Gasteiger charge is 2.40. The van der Waals surface area contributed by atoms with Crippen molar-refractivity contribution in [3.63, 3.8) is 0 Å². The topological polar surface area (TPSA) is 60.9 Å². The molecule has 10 heteroatoms. The number of ketones is 1. The van der Waals surface area contributed by atoms with Crippen LogP contribution in [0.3, 0.4) is 0 Å². The summed E-state index contributed by atoms with van der Waals surface area (Å²) in [6, 6.07) is 19.1. The van der Waals surface area contributed by atoms with E-state index in [1.165, 1.54) is 11.3 Å². The number of anilines is 2. The zero-order chi connectivity index (χ0) is 28.8. The number of carbonyl (C=O) groups is 3. The second-order valence-corrected chi connectivity index (χ2v) is 12.5. The molecule has 0 saturated carbocycles. The summed E-state index contributed by atoms with van der Waals surface area (Å²) in [6.07, 6.45) is 0. The van der Waals surface area contributed by atoms with Crippen LogP contribution in [0.25, 0.3) is 0 Å². The first-order valence-corrected chi connectivity index (χ1v) is 15.0. The summed E-state index contributed by atoms with van der Waals surface area (Å²) >= 11 is 19.7. The van der Waals surface area contributed by atoms with Gasteiger partial charge >= 0.3 is 0 Å². The highest BCUT2D eigenvalue weighted by molar-refractivity contribution is 7.17. The first-order chi connectivity index (χ1) is 19.7. The molecule has 2 aliphatic heterocycles. The van der Waals surface area contributed by atoms with Crippen LogP contribution in [-0.2, 0) is 6.54 Å². The number of fused-ring (bicyclic) bond motifs is 1. The van der Waals surface area contributed by atoms with Crippen LogP contribution in [0.5, 0.6) is 0 Å². The maximum absolute atomic E-state index is 14.1. The molecule has 2 aliphatic rings. The molecule has 3 heterocycles. The van der Waals surface area contributed by atoms with Crippen molar-refractivity contribution >= 4 is 74.4 Å². The standard InChI is InChI=1S/C31H24Cl3N3O3S/c1-18-24(17-35-12-14-36(15-13-35)21-10-11-25(33)26(34)16-21)27(28(38)19-6-8-20(32)9-7-19)31(41-18)37-29(39)22-4-2-3-5-23(22)30(37)40/h2-11,16H,12-15,17H2,1H3. The molecular formula is C31H24Cl3N3O3S. The second kappa shape index (κ2) is 11.2. The van der Waals surface area contributed by atoms with Gasteiger partial charge in [-0.15, -0.1) is 11.3 Å². The predicted molar refractivity (Wildman–Crippen MR) is 165 cm³/mol. The Labute approximate surface area is 256 Å². The summed E-state index contributed by atoms with van der Waals surface area (Å²) in [7, 11) is 0. The van der Waals surface area contributed by atoms with Crippen molar-refractivity contribution in [1.82, 2.24) is 4.90 Å². The van der Waals surface area contributed by atoms with Gasteiger partial charge in [0.15, 0.2) is 5.78 Å². The number of carbonyl (C=O) groups excluding carboxylic acids is 3. The maximum Gasteiger partial charge on any atom is 0.266 e. The summed E-state index contributed by atoms with van der Waals surface area (Å²) in [4.78, 5) is 47.5. The molecule has 41 heavy (non-hydrogen) atoms. The Morgan fingerprint density at radius 3 is 2.07 bits per heavy atom. The fourth-order valence-corrected chi connectivity index (χ4v) is 6.91. The molecule has 6 rings (SSSR count). The summed E-state index contributed by atoms with van der Waals surface area (Å²) in [5.74, 6) is -1.08. The Hall–Kier alpha value is -3.20. The molecule has 2 amide bonds. The largest absolute Gasteiger partial charge is 0.369 e. The Morgan fingerprint density at radius 1 is 0.829 bits per heavy atom. The lowest BCUT2D eigenvalue weighted by atomic mass is 9.99. The SMILES string of the molecule is Cc1sc(N2C(=O)c3ccccc3C2=O)c(C(=O)c2ccc(Cl)cc2)c1CN1CCN(c2ccc(Cl)c(Cl)c2)CC1. The molecule has 0 aliphatic carbocycles. The monoisotopic (exact) mass is 623 g/mol. The molecule has 0 atom stereocenters. The summed E-state index contributed by atoms with van der Waals surface area (Å²) < 4.78 is 0. The first kappa shape index (κ1) is 27.9. The van der Waals surface area contributed by atoms with Crippen molar-refractivity contribution in [2.45, 2.75) is 13.5 Å². The van der Waals surface area contributed by atoms with Gasteiger partial charge in [0, 0.05) is 53.9 Å². The van der Waals surface area contributed by atoms with Gasteiger partial charge in [-0.1, -0.05) is 46.9 Å². The minimum atomic E-state index is -0.418. The van der Waals surface area contributed by atoms with E-state index in [9.17, 15) is 14.4 Å². The highest BCUT2D eigenvalue weighted by atomic mass is 35.5. The molecule has 0 bridgehead atoms. The van der Waals surface area contributed by atoms with Crippen LogP contribution in [0.4, 0.5) is 10.7 Å². The molecule has 0 spiro atoms. The van der Waals surface area contributed by atoms with Crippen LogP contribution < -0.4 is 9.80 Å². The summed E-state index contributed by atoms with van der Waals surface area (Å²) in [5.41, 5.74) is 3.34. The number of benzene rings is 3. The van der Waals surface area contributed by atoms with E-state index < -0.39 is 11.8 Å². The van der Waals surface area contributed by atoms with Crippen LogP contribution in [0.15, 0.2) is 66.7 Å². The number of rotatable bonds is 6. The molecular weight excluding hydrogens is 601 g/mol. The summed E-state index contributed by atoms with van der Waals surface area (Å²) in [5, 5.41) is 1.92. The third-order valence-corrected chi connectivity index (χ3v) is 9.67. The smallest absolute Gasteiger partial charge is 0.266 e. The Balaban J connectivity index is 1.33. The van der Waals surface area contributed by atoms with Crippen LogP contribution in [0.2, 0.25) is 15.1 Å². The van der Waals surface area contributed by atoms with Crippen molar-refractivity contribution < 1.29 is 14.4 Å². The molecule has 3 aromatic carbocycles. The minimum absolute atomic E-state index is 0.248. The number of aryl methyl sites for hydroxylation is 1. The van der Waals surface area contributed by atoms with Gasteiger partial charge in [-0.2, -0.15) is 0 Å². The number of halogens is 3. The van der Waals surface area contributed by atoms with E-state index in [1.807, 2.05) is 19.1 Å². The number of hydrogen-bond donors (Lipinski definition) is 0. The van der Waals surface area contributed by atoms with E-state index in [0.717, 1.165) is 47.2 Å². The number of hydrogen-bond acceptors (Lipinski definition) is 6. The van der Waals surface area contributed by atoms with Gasteiger partial charge in [0.1, 0.15) is 5.00 Å². The van der Waals surface area contributed by atoms with Gasteiger partial charge in [-0.05, 0) is 67.1 Å². The van der Waals surface area contributed by atoms with Gasteiger partial charge in [0.05, 0.1) is 26.7 Å². The number of nitrogens with zero attached hydrogens (tertiary/aromatic N) is 3. The van der Waals surface area contributed by atoms with Gasteiger partial charge in [0.2, 0.25) is 0 Å². The zero-order valence-corrected chi connectivity index (χ0v) is 25.1.